The van der Waals surface area contributed by atoms with Crippen molar-refractivity contribution in [3.05, 3.63) is 35.3 Å². The molecule has 4 aromatic rings. The van der Waals surface area contributed by atoms with Gasteiger partial charge in [-0.25, -0.2) is 28.7 Å². The van der Waals surface area contributed by atoms with Crippen LogP contribution in [0, 0.1) is 0 Å². The summed E-state index contributed by atoms with van der Waals surface area (Å²) in [4.78, 5) is 27.6. The summed E-state index contributed by atoms with van der Waals surface area (Å²) in [5.41, 5.74) is 3.70. The zero-order chi connectivity index (χ0) is 27.1. The lowest BCUT2D eigenvalue weighted by Crippen LogP contribution is -2.47. The number of hydrogen-bond donors (Lipinski definition) is 2. The molecule has 5 heterocycles. The van der Waals surface area contributed by atoms with E-state index in [1.807, 2.05) is 6.07 Å². The number of ether oxygens (including phenoxy) is 1. The molecule has 1 aromatic carbocycles. The van der Waals surface area contributed by atoms with Crippen LogP contribution < -0.4 is 10.4 Å². The van der Waals surface area contributed by atoms with Gasteiger partial charge in [-0.2, -0.15) is 14.1 Å². The van der Waals surface area contributed by atoms with Crippen LogP contribution in [-0.2, 0) is 21.3 Å². The van der Waals surface area contributed by atoms with Gasteiger partial charge in [0.1, 0.15) is 0 Å². The quantitative estimate of drug-likeness (QED) is 0.267. The van der Waals surface area contributed by atoms with Crippen molar-refractivity contribution in [2.75, 3.05) is 63.6 Å². The fourth-order valence-electron chi connectivity index (χ4n) is 5.05. The average Bonchev–Trinajstić information content (AvgIpc) is 3.56. The highest BCUT2D eigenvalue weighted by molar-refractivity contribution is 7.88. The summed E-state index contributed by atoms with van der Waals surface area (Å²) in [6.45, 7) is 5.66. The average molecular weight is 573 g/mol. The van der Waals surface area contributed by atoms with Crippen molar-refractivity contribution in [3.63, 3.8) is 0 Å². The Morgan fingerprint density at radius 1 is 1.13 bits per heavy atom. The first-order chi connectivity index (χ1) is 18.8. The van der Waals surface area contributed by atoms with E-state index in [2.05, 4.69) is 21.0 Å². The van der Waals surface area contributed by atoms with Crippen LogP contribution in [-0.4, -0.2) is 107 Å². The number of rotatable bonds is 5. The number of thiophene rings is 1. The molecule has 2 aliphatic heterocycles. The van der Waals surface area contributed by atoms with E-state index < -0.39 is 16.1 Å². The van der Waals surface area contributed by atoms with Gasteiger partial charge >= 0.3 is 6.03 Å². The Balaban J connectivity index is 1.38. The van der Waals surface area contributed by atoms with Gasteiger partial charge in [0.05, 0.1) is 41.4 Å². The van der Waals surface area contributed by atoms with Crippen molar-refractivity contribution in [3.8, 4) is 11.4 Å². The molecule has 1 amide bonds. The number of sulfonamides is 1. The Hall–Kier alpha value is -3.21. The van der Waals surface area contributed by atoms with E-state index in [0.29, 0.717) is 75.8 Å². The highest BCUT2D eigenvalue weighted by Gasteiger charge is 2.25. The van der Waals surface area contributed by atoms with Crippen LogP contribution >= 0.6 is 11.3 Å². The van der Waals surface area contributed by atoms with Gasteiger partial charge in [0.25, 0.3) is 0 Å². The molecule has 0 bridgehead atoms. The van der Waals surface area contributed by atoms with E-state index >= 15 is 0 Å². The molecule has 15 heteroatoms. The molecule has 0 aliphatic carbocycles. The third-order valence-corrected chi connectivity index (χ3v) is 9.45. The predicted molar refractivity (Wildman–Crippen MR) is 147 cm³/mol. The van der Waals surface area contributed by atoms with Crippen LogP contribution in [0.5, 0.6) is 0 Å². The zero-order valence-electron chi connectivity index (χ0n) is 21.3. The van der Waals surface area contributed by atoms with E-state index in [-0.39, 0.29) is 0 Å². The molecule has 0 unspecified atom stereocenters. The van der Waals surface area contributed by atoms with E-state index in [1.54, 1.807) is 35.1 Å². The first kappa shape index (κ1) is 26.0. The van der Waals surface area contributed by atoms with Gasteiger partial charge in [0, 0.05) is 61.6 Å². The van der Waals surface area contributed by atoms with Crippen LogP contribution in [0.1, 0.15) is 4.88 Å². The lowest BCUT2D eigenvalue weighted by Gasteiger charge is -2.32. The first-order valence-corrected chi connectivity index (χ1v) is 15.2. The summed E-state index contributed by atoms with van der Waals surface area (Å²) >= 11 is 1.66. The number of carbonyl (C=O) groups is 1. The summed E-state index contributed by atoms with van der Waals surface area (Å²) in [5, 5.41) is 13.9. The number of amides is 1. The fourth-order valence-corrected chi connectivity index (χ4v) is 7.03. The van der Waals surface area contributed by atoms with Crippen molar-refractivity contribution in [1.29, 1.82) is 0 Å². The zero-order valence-corrected chi connectivity index (χ0v) is 22.9. The predicted octanol–water partition coefficient (Wildman–Crippen LogP) is 1.57. The second-order valence-electron chi connectivity index (χ2n) is 9.55. The Morgan fingerprint density at radius 2 is 1.90 bits per heavy atom. The standard InChI is InChI=1S/C24H28N8O5S2/c1-39(35,36)31-7-5-29(6-8-31)15-16-13-19-21(38-16)23(30-9-11-37-12-10-30)27-22(26-19)17-3-2-4-20-18(17)14-25-32(20)24(33)28-34/h2-4,13-14,34H,5-12,15H2,1H3,(H,28,33). The molecule has 206 valence electrons. The van der Waals surface area contributed by atoms with Crippen molar-refractivity contribution in [1.82, 2.24) is 34.4 Å². The van der Waals surface area contributed by atoms with Crippen LogP contribution in [0.3, 0.4) is 0 Å². The minimum atomic E-state index is -3.18. The Bertz CT molecular complexity index is 1640. The molecule has 2 saturated heterocycles. The molecule has 0 saturated carbocycles. The van der Waals surface area contributed by atoms with E-state index in [4.69, 9.17) is 19.9 Å². The summed E-state index contributed by atoms with van der Waals surface area (Å²) in [5.74, 6) is 1.36. The summed E-state index contributed by atoms with van der Waals surface area (Å²) in [6, 6.07) is 6.77. The fraction of sp³-hybridized carbons (Fsp3) is 0.417. The molecule has 39 heavy (non-hydrogen) atoms. The van der Waals surface area contributed by atoms with Crippen molar-refractivity contribution in [2.45, 2.75) is 6.54 Å². The number of fused-ring (bicyclic) bond motifs is 2. The minimum Gasteiger partial charge on any atom is -0.378 e. The Kier molecular flexibility index (Phi) is 6.95. The lowest BCUT2D eigenvalue weighted by molar-refractivity contribution is 0.122. The highest BCUT2D eigenvalue weighted by atomic mass is 32.2. The number of piperazine rings is 1. The van der Waals surface area contributed by atoms with Gasteiger partial charge in [-0.1, -0.05) is 12.1 Å². The molecule has 0 spiro atoms. The van der Waals surface area contributed by atoms with E-state index in [1.165, 1.54) is 10.6 Å². The molecule has 3 aromatic heterocycles. The maximum atomic E-state index is 12.1. The van der Waals surface area contributed by atoms with Gasteiger partial charge in [-0.05, 0) is 12.1 Å². The number of aromatic nitrogens is 4. The number of benzene rings is 1. The summed E-state index contributed by atoms with van der Waals surface area (Å²) in [7, 11) is -3.18. The summed E-state index contributed by atoms with van der Waals surface area (Å²) in [6.07, 6.45) is 2.82. The molecule has 2 N–H and O–H groups in total. The molecule has 2 fully saturated rings. The normalized spacial score (nSPS) is 17.7. The third-order valence-electron chi connectivity index (χ3n) is 7.04. The molecular formula is C24H28N8O5S2. The van der Waals surface area contributed by atoms with Crippen molar-refractivity contribution < 1.29 is 23.2 Å². The second-order valence-corrected chi connectivity index (χ2v) is 12.7. The number of hydroxylamine groups is 1. The second kappa shape index (κ2) is 10.4. The number of hydrogen-bond acceptors (Lipinski definition) is 11. The van der Waals surface area contributed by atoms with Crippen LogP contribution in [0.25, 0.3) is 32.5 Å². The number of nitrogens with one attached hydrogen (secondary N) is 1. The van der Waals surface area contributed by atoms with E-state index in [0.717, 1.165) is 31.2 Å². The highest BCUT2D eigenvalue weighted by Crippen LogP contribution is 2.36. The minimum absolute atomic E-state index is 0.485. The van der Waals surface area contributed by atoms with Crippen LogP contribution in [0.2, 0.25) is 0 Å². The van der Waals surface area contributed by atoms with Gasteiger partial charge in [0.2, 0.25) is 10.0 Å². The van der Waals surface area contributed by atoms with Gasteiger partial charge in [-0.15, -0.1) is 11.3 Å². The summed E-state index contributed by atoms with van der Waals surface area (Å²) < 4.78 is 32.9. The maximum absolute atomic E-state index is 12.1. The topological polar surface area (TPSA) is 146 Å². The number of nitrogens with zero attached hydrogens (tertiary/aromatic N) is 7. The first-order valence-electron chi connectivity index (χ1n) is 12.5. The van der Waals surface area contributed by atoms with Crippen molar-refractivity contribution >= 4 is 54.3 Å². The van der Waals surface area contributed by atoms with E-state index in [9.17, 15) is 13.2 Å². The molecular weight excluding hydrogens is 544 g/mol. The molecule has 6 rings (SSSR count). The Labute approximate surface area is 228 Å². The van der Waals surface area contributed by atoms with Crippen LogP contribution in [0.15, 0.2) is 30.5 Å². The number of morpholine rings is 1. The smallest absolute Gasteiger partial charge is 0.366 e. The van der Waals surface area contributed by atoms with Gasteiger partial charge < -0.3 is 9.64 Å². The lowest BCUT2D eigenvalue weighted by atomic mass is 10.1. The largest absolute Gasteiger partial charge is 0.378 e. The third kappa shape index (κ3) is 5.08. The van der Waals surface area contributed by atoms with Gasteiger partial charge in [-0.3, -0.25) is 10.1 Å². The molecule has 0 radical (unpaired) electrons. The van der Waals surface area contributed by atoms with Crippen LogP contribution in [0.4, 0.5) is 10.6 Å². The monoisotopic (exact) mass is 572 g/mol. The Morgan fingerprint density at radius 3 is 2.62 bits per heavy atom. The van der Waals surface area contributed by atoms with Gasteiger partial charge in [0.15, 0.2) is 11.6 Å². The molecule has 2 aliphatic rings. The SMILES string of the molecule is CS(=O)(=O)N1CCN(Cc2cc3nc(-c4cccc5c4cnn5C(=O)NO)nc(N4CCOCC4)c3s2)CC1. The molecule has 0 atom stereocenters. The van der Waals surface area contributed by atoms with Crippen molar-refractivity contribution in [2.24, 2.45) is 0 Å². The molecule has 13 nitrogen and oxygen atoms in total. The number of anilines is 1. The number of carbonyl (C=O) groups excluding carboxylic acids is 1. The maximum Gasteiger partial charge on any atom is 0.366 e.